The van der Waals surface area contributed by atoms with Crippen molar-refractivity contribution in [3.05, 3.63) is 188 Å². The average molecular weight is 1490 g/mol. The molecular weight excluding hydrogens is 1410 g/mol. The number of allylic oxidation sites excluding steroid dienone is 4. The monoisotopic (exact) mass is 1490 g/mol. The van der Waals surface area contributed by atoms with Gasteiger partial charge in [0.2, 0.25) is 0 Å². The third-order valence-corrected chi connectivity index (χ3v) is 36.8. The Morgan fingerprint density at radius 1 is 0.298 bits per heavy atom. The Hall–Kier alpha value is -3.03. The summed E-state index contributed by atoms with van der Waals surface area (Å²) in [4.78, 5) is 36.1. The third-order valence-electron chi connectivity index (χ3n) is 18.1. The van der Waals surface area contributed by atoms with Gasteiger partial charge in [-0.3, -0.25) is 0 Å². The van der Waals surface area contributed by atoms with Gasteiger partial charge in [-0.25, -0.2) is 0 Å². The normalized spacial score (nSPS) is 16.7. The number of aryl methyl sites for hydroxylation is 3. The van der Waals surface area contributed by atoms with Crippen molar-refractivity contribution >= 4 is 175 Å². The van der Waals surface area contributed by atoms with Crippen LogP contribution in [0.3, 0.4) is 0 Å². The standard InChI is InChI=1S/C80H84S14/c1-5-9-13-17-21-51-25-29-59(81-51)63-37-41-69(87-63)67-35-33-57(85-67)55-49-77(75-47-45-73(91-75)71-43-39-65(89-71)61-31-27-53(83-61)23-19-15-11-7-3)93-79(55)80-56(58-34-36-68(86-58)70-42-38-64(88-70)60-30-26-52(82-60)22-18-14-10-6-2)50-78(94-80)76-48-46-74(92-76)72-44-40-66(90-72)62-32-28-54(84-62)24-20-16-12-8-4/h25-31,33-46,48-49,62,75,78H,5-24,32,47,50H2,1-4H3. The molecule has 3 unspecified atom stereocenters. The molecule has 0 saturated carbocycles. The lowest BCUT2D eigenvalue weighted by Gasteiger charge is -2.08. The molecule has 0 aliphatic carbocycles. The Labute approximate surface area is 616 Å². The van der Waals surface area contributed by atoms with Gasteiger partial charge in [-0.2, -0.15) is 0 Å². The van der Waals surface area contributed by atoms with Gasteiger partial charge >= 0.3 is 0 Å². The van der Waals surface area contributed by atoms with Crippen LogP contribution in [0.25, 0.3) is 84.3 Å². The summed E-state index contributed by atoms with van der Waals surface area (Å²) >= 11 is 28.5. The van der Waals surface area contributed by atoms with Crippen LogP contribution < -0.4 is 0 Å². The van der Waals surface area contributed by atoms with Crippen LogP contribution in [0.5, 0.6) is 0 Å². The summed E-state index contributed by atoms with van der Waals surface area (Å²) in [6, 6.07) is 50.9. The van der Waals surface area contributed by atoms with E-state index in [4.69, 9.17) is 0 Å². The SMILES string of the molecule is CCCCCCC1=CCC(c2ccc(-c3ccc(C4CC(c5ccc(-c6ccc(-c7ccc(CCCCCC)s7)s6)s5)=C(c5sc(C6CC=C(c7ccc(-c8ccc(CCCCCC)s8)s7)S6)cc5-c5ccc(-c6ccc(-c7ccc(CCCCCC)s7)s6)s5)S4)s3)s2)S1. The summed E-state index contributed by atoms with van der Waals surface area (Å²) in [5, 5.41) is 1.26. The number of rotatable bonds is 33. The quantitative estimate of drug-likeness (QED) is 0.0376. The van der Waals surface area contributed by atoms with Gasteiger partial charge in [-0.05, 0) is 209 Å². The van der Waals surface area contributed by atoms with Gasteiger partial charge in [-0.15, -0.1) is 160 Å². The van der Waals surface area contributed by atoms with E-state index in [2.05, 4.69) is 214 Å². The minimum Gasteiger partial charge on any atom is -0.139 e. The van der Waals surface area contributed by atoms with Gasteiger partial charge in [0.1, 0.15) is 0 Å². The van der Waals surface area contributed by atoms with E-state index in [0.717, 1.165) is 12.8 Å². The van der Waals surface area contributed by atoms with Crippen LogP contribution in [-0.2, 0) is 19.3 Å². The Morgan fingerprint density at radius 2 is 0.681 bits per heavy atom. The summed E-state index contributed by atoms with van der Waals surface area (Å²) in [6.45, 7) is 9.23. The predicted molar refractivity (Wildman–Crippen MR) is 440 cm³/mol. The maximum absolute atomic E-state index is 2.64. The van der Waals surface area contributed by atoms with Crippen LogP contribution >= 0.6 is 160 Å². The fourth-order valence-electron chi connectivity index (χ4n) is 12.9. The van der Waals surface area contributed by atoms with E-state index in [9.17, 15) is 0 Å². The van der Waals surface area contributed by atoms with Crippen LogP contribution in [0.4, 0.5) is 0 Å². The molecule has 14 heterocycles. The zero-order valence-corrected chi connectivity index (χ0v) is 65.9. The zero-order valence-electron chi connectivity index (χ0n) is 54.5. The molecule has 14 rings (SSSR count). The molecule has 94 heavy (non-hydrogen) atoms. The van der Waals surface area contributed by atoms with Crippen molar-refractivity contribution in [1.82, 2.24) is 0 Å². The van der Waals surface area contributed by atoms with E-state index < -0.39 is 0 Å². The van der Waals surface area contributed by atoms with E-state index in [1.54, 1.807) is 4.91 Å². The summed E-state index contributed by atoms with van der Waals surface area (Å²) in [7, 11) is 0. The molecule has 3 aliphatic heterocycles. The fourth-order valence-corrected chi connectivity index (χ4v) is 29.8. The number of thioether (sulfide) groups is 3. The Balaban J connectivity index is 0.780. The highest BCUT2D eigenvalue weighted by Crippen LogP contribution is 2.63. The van der Waals surface area contributed by atoms with Crippen molar-refractivity contribution in [3.63, 3.8) is 0 Å². The van der Waals surface area contributed by atoms with Crippen molar-refractivity contribution < 1.29 is 0 Å². The van der Waals surface area contributed by atoms with Gasteiger partial charge in [0, 0.05) is 138 Å². The predicted octanol–water partition coefficient (Wildman–Crippen LogP) is 32.4. The number of hydrogen-bond acceptors (Lipinski definition) is 14. The van der Waals surface area contributed by atoms with E-state index in [-0.39, 0.29) is 0 Å². The van der Waals surface area contributed by atoms with E-state index in [1.807, 2.05) is 113 Å². The highest BCUT2D eigenvalue weighted by atomic mass is 32.2. The summed E-state index contributed by atoms with van der Waals surface area (Å²) in [6.07, 6.45) is 34.2. The van der Waals surface area contributed by atoms with E-state index in [0.29, 0.717) is 15.7 Å². The number of thiophene rings is 11. The van der Waals surface area contributed by atoms with Crippen LogP contribution in [0.2, 0.25) is 0 Å². The first-order valence-corrected chi connectivity index (χ1v) is 46.2. The largest absolute Gasteiger partial charge is 0.139 e. The molecule has 3 atom stereocenters. The molecule has 11 aromatic heterocycles. The van der Waals surface area contributed by atoms with Gasteiger partial charge < -0.3 is 0 Å². The molecule has 0 fully saturated rings. The van der Waals surface area contributed by atoms with Crippen molar-refractivity contribution in [2.75, 3.05) is 0 Å². The van der Waals surface area contributed by atoms with Gasteiger partial charge in [0.15, 0.2) is 0 Å². The highest BCUT2D eigenvalue weighted by Gasteiger charge is 2.35. The zero-order chi connectivity index (χ0) is 63.7. The molecule has 0 spiro atoms. The van der Waals surface area contributed by atoms with Crippen molar-refractivity contribution in [3.8, 4) is 69.0 Å². The second-order valence-corrected chi connectivity index (χ2v) is 41.2. The lowest BCUT2D eigenvalue weighted by atomic mass is 10.0. The molecule has 14 heteroatoms. The lowest BCUT2D eigenvalue weighted by Crippen LogP contribution is -1.85. The number of unbranched alkanes of at least 4 members (excludes halogenated alkanes) is 12. The molecule has 0 aromatic carbocycles. The molecule has 3 aliphatic rings. The summed E-state index contributed by atoms with van der Waals surface area (Å²) in [5.74, 6) is 0. The maximum Gasteiger partial charge on any atom is 0.0499 e. The molecule has 11 aromatic rings. The molecule has 0 N–H and O–H groups in total. The van der Waals surface area contributed by atoms with Crippen molar-refractivity contribution in [2.45, 2.75) is 191 Å². The molecule has 0 nitrogen and oxygen atoms in total. The second kappa shape index (κ2) is 33.0. The molecule has 0 saturated heterocycles. The molecule has 0 bridgehead atoms. The highest BCUT2D eigenvalue weighted by molar-refractivity contribution is 8.09. The van der Waals surface area contributed by atoms with E-state index in [1.165, 1.54) is 263 Å². The van der Waals surface area contributed by atoms with E-state index >= 15 is 0 Å². The summed E-state index contributed by atoms with van der Waals surface area (Å²) in [5.41, 5.74) is 2.94. The Kier molecular flexibility index (Phi) is 23.9. The first-order chi connectivity index (χ1) is 46.3. The fraction of sp³-hybridized carbons (Fsp3) is 0.375. The smallest absolute Gasteiger partial charge is 0.0499 e. The van der Waals surface area contributed by atoms with Crippen molar-refractivity contribution in [1.29, 1.82) is 0 Å². The molecular formula is C80H84S14. The first-order valence-electron chi connectivity index (χ1n) is 34.6. The van der Waals surface area contributed by atoms with Crippen LogP contribution in [0.15, 0.2) is 144 Å². The van der Waals surface area contributed by atoms with Crippen LogP contribution in [0, 0.1) is 0 Å². The Bertz CT molecular complexity index is 4350. The molecule has 0 amide bonds. The Morgan fingerprint density at radius 3 is 1.20 bits per heavy atom. The van der Waals surface area contributed by atoms with Gasteiger partial charge in [0.05, 0.1) is 0 Å². The summed E-state index contributed by atoms with van der Waals surface area (Å²) < 4.78 is 0. The molecule has 488 valence electrons. The average Bonchev–Trinajstić information content (AvgIpc) is 1.62. The molecule has 0 radical (unpaired) electrons. The van der Waals surface area contributed by atoms with Crippen LogP contribution in [0.1, 0.15) is 216 Å². The minimum absolute atomic E-state index is 0.334. The first kappa shape index (κ1) is 68.1. The third kappa shape index (κ3) is 16.4. The maximum atomic E-state index is 2.64. The van der Waals surface area contributed by atoms with Crippen molar-refractivity contribution in [2.24, 2.45) is 0 Å². The topological polar surface area (TPSA) is 0 Å². The minimum atomic E-state index is 0.334. The van der Waals surface area contributed by atoms with Gasteiger partial charge in [-0.1, -0.05) is 117 Å². The van der Waals surface area contributed by atoms with Crippen LogP contribution in [-0.4, -0.2) is 0 Å². The lowest BCUT2D eigenvalue weighted by molar-refractivity contribution is 0.670. The second-order valence-electron chi connectivity index (χ2n) is 25.2. The van der Waals surface area contributed by atoms with Gasteiger partial charge in [0.25, 0.3) is 0 Å². The number of hydrogen-bond donors (Lipinski definition) is 0.